The summed E-state index contributed by atoms with van der Waals surface area (Å²) in [6.45, 7) is 2.06. The zero-order valence-electron chi connectivity index (χ0n) is 18.4. The van der Waals surface area contributed by atoms with Gasteiger partial charge in [-0.05, 0) is 36.6 Å². The number of rotatable bonds is 8. The third kappa shape index (κ3) is 7.45. The topological polar surface area (TPSA) is 48.0 Å². The Hall–Kier alpha value is -3.57. The van der Waals surface area contributed by atoms with Crippen molar-refractivity contribution in [1.29, 1.82) is 0 Å². The summed E-state index contributed by atoms with van der Waals surface area (Å²) < 4.78 is 16.0. The van der Waals surface area contributed by atoms with Crippen molar-refractivity contribution in [3.8, 4) is 42.9 Å². The minimum Gasteiger partial charge on any atom is -0.493 e. The van der Waals surface area contributed by atoms with Gasteiger partial charge in [0.1, 0.15) is 0 Å². The van der Waals surface area contributed by atoms with E-state index >= 15 is 0 Å². The second-order valence-corrected chi connectivity index (χ2v) is 6.25. The molecule has 0 fully saturated rings. The van der Waals surface area contributed by atoms with Crippen LogP contribution in [0, 0.1) is 25.7 Å². The molecule has 0 aliphatic carbocycles. The number of hydrogen-bond donors (Lipinski definition) is 0. The van der Waals surface area contributed by atoms with Gasteiger partial charge in [0.05, 0.1) is 27.8 Å². The van der Waals surface area contributed by atoms with E-state index in [2.05, 4.69) is 44.7 Å². The average molecular weight is 410 g/mol. The number of ether oxygens (including phenoxy) is 3. The molecular formula is C25H31NO4. The number of likely N-dealkylation sites (N-methyl/N-ethyl adjacent to an activating group) is 1. The fourth-order valence-corrected chi connectivity index (χ4v) is 2.87. The highest BCUT2D eigenvalue weighted by Gasteiger charge is 2.19. The van der Waals surface area contributed by atoms with Crippen LogP contribution < -0.4 is 14.2 Å². The minimum absolute atomic E-state index is 0.0442. The van der Waals surface area contributed by atoms with Crippen LogP contribution in [0.15, 0.2) is 42.5 Å². The second kappa shape index (κ2) is 14.4. The summed E-state index contributed by atoms with van der Waals surface area (Å²) in [5.41, 5.74) is 2.04. The molecule has 2 aromatic rings. The van der Waals surface area contributed by atoms with E-state index in [0.717, 1.165) is 12.0 Å². The number of carbonyl (C=O) groups is 1. The molecule has 5 nitrogen and oxygen atoms in total. The molecule has 0 spiro atoms. The molecule has 0 N–H and O–H groups in total. The molecule has 5 heteroatoms. The zero-order valence-corrected chi connectivity index (χ0v) is 18.4. The maximum atomic E-state index is 12.7. The van der Waals surface area contributed by atoms with Crippen molar-refractivity contribution in [2.45, 2.75) is 25.8 Å². The number of terminal acetylenes is 2. The van der Waals surface area contributed by atoms with Gasteiger partial charge in [-0.2, -0.15) is 0 Å². The van der Waals surface area contributed by atoms with E-state index in [1.807, 2.05) is 37.4 Å². The van der Waals surface area contributed by atoms with Crippen molar-refractivity contribution < 1.29 is 19.0 Å². The van der Waals surface area contributed by atoms with Gasteiger partial charge < -0.3 is 19.1 Å². The van der Waals surface area contributed by atoms with E-state index in [-0.39, 0.29) is 18.4 Å². The van der Waals surface area contributed by atoms with Crippen LogP contribution in [0.3, 0.4) is 0 Å². The van der Waals surface area contributed by atoms with Gasteiger partial charge in [0.2, 0.25) is 11.7 Å². The van der Waals surface area contributed by atoms with Gasteiger partial charge in [-0.1, -0.05) is 30.3 Å². The summed E-state index contributed by atoms with van der Waals surface area (Å²) in [6.07, 6.45) is 17.1. The van der Waals surface area contributed by atoms with E-state index in [9.17, 15) is 4.79 Å². The Balaban J connectivity index is 0.00000198. The minimum atomic E-state index is 0.0442. The third-order valence-corrected chi connectivity index (χ3v) is 4.51. The maximum Gasteiger partial charge on any atom is 0.226 e. The van der Waals surface area contributed by atoms with Crippen LogP contribution in [0.5, 0.6) is 17.2 Å². The van der Waals surface area contributed by atoms with E-state index in [0.29, 0.717) is 17.2 Å². The largest absolute Gasteiger partial charge is 0.493 e. The van der Waals surface area contributed by atoms with Crippen molar-refractivity contribution in [2.24, 2.45) is 0 Å². The monoisotopic (exact) mass is 409 g/mol. The first-order valence-electron chi connectivity index (χ1n) is 9.25. The summed E-state index contributed by atoms with van der Waals surface area (Å²) >= 11 is 0. The van der Waals surface area contributed by atoms with Crippen molar-refractivity contribution in [3.05, 3.63) is 53.6 Å². The lowest BCUT2D eigenvalue weighted by molar-refractivity contribution is -0.130. The molecule has 160 valence electrons. The second-order valence-electron chi connectivity index (χ2n) is 6.25. The van der Waals surface area contributed by atoms with Gasteiger partial charge >= 0.3 is 0 Å². The highest BCUT2D eigenvalue weighted by atomic mass is 16.5. The summed E-state index contributed by atoms with van der Waals surface area (Å²) in [5.74, 6) is 1.67. The molecule has 0 bridgehead atoms. The van der Waals surface area contributed by atoms with Crippen LogP contribution in [0.2, 0.25) is 0 Å². The average Bonchev–Trinajstić information content (AvgIpc) is 2.80. The molecule has 2 aromatic carbocycles. The summed E-state index contributed by atoms with van der Waals surface area (Å²) in [4.78, 5) is 14.5. The molecule has 0 saturated heterocycles. The Kier molecular flexibility index (Phi) is 12.7. The smallest absolute Gasteiger partial charge is 0.226 e. The standard InChI is InChI=1S/C21H27NO4.2C2H2/c1-15(11-16-9-7-6-8-10-16)22(2)20(23)14-17-12-18(24-3)21(26-5)19(13-17)25-4;2*1-2/h6-10,12-13,15H,11,14H2,1-5H3;2*1-2H/t15-;;/m0../s1. The zero-order chi connectivity index (χ0) is 23.1. The van der Waals surface area contributed by atoms with Gasteiger partial charge in [0.15, 0.2) is 11.5 Å². The van der Waals surface area contributed by atoms with Gasteiger partial charge in [-0.15, -0.1) is 25.7 Å². The lowest BCUT2D eigenvalue weighted by Crippen LogP contribution is -2.37. The van der Waals surface area contributed by atoms with E-state index in [1.54, 1.807) is 26.2 Å². The highest BCUT2D eigenvalue weighted by molar-refractivity contribution is 5.79. The Morgan fingerprint density at radius 2 is 1.40 bits per heavy atom. The maximum absolute atomic E-state index is 12.7. The van der Waals surface area contributed by atoms with Crippen LogP contribution >= 0.6 is 0 Å². The Labute approximate surface area is 181 Å². The number of amides is 1. The molecule has 0 saturated carbocycles. The lowest BCUT2D eigenvalue weighted by Gasteiger charge is -2.25. The molecule has 2 rings (SSSR count). The van der Waals surface area contributed by atoms with Gasteiger partial charge in [-0.25, -0.2) is 0 Å². The Morgan fingerprint density at radius 1 is 0.900 bits per heavy atom. The van der Waals surface area contributed by atoms with E-state index in [1.165, 1.54) is 5.56 Å². The first-order chi connectivity index (χ1) is 14.5. The number of nitrogens with zero attached hydrogens (tertiary/aromatic N) is 1. The Morgan fingerprint density at radius 3 is 1.83 bits per heavy atom. The van der Waals surface area contributed by atoms with Crippen LogP contribution in [-0.4, -0.2) is 45.2 Å². The summed E-state index contributed by atoms with van der Waals surface area (Å²) in [7, 11) is 6.53. The molecule has 0 aliphatic heterocycles. The van der Waals surface area contributed by atoms with Gasteiger partial charge in [-0.3, -0.25) is 4.79 Å². The third-order valence-electron chi connectivity index (χ3n) is 4.51. The SMILES string of the molecule is C#C.C#C.COc1cc(CC(=O)N(C)[C@@H](C)Cc2ccccc2)cc(OC)c1OC. The fraction of sp³-hybridized carbons (Fsp3) is 0.320. The van der Waals surface area contributed by atoms with Gasteiger partial charge in [0.25, 0.3) is 0 Å². The molecule has 0 unspecified atom stereocenters. The molecule has 1 atom stereocenters. The van der Waals surface area contributed by atoms with Gasteiger partial charge in [0, 0.05) is 13.1 Å². The first kappa shape index (κ1) is 26.4. The van der Waals surface area contributed by atoms with Crippen LogP contribution in [0.25, 0.3) is 0 Å². The quantitative estimate of drug-likeness (QED) is 0.622. The molecule has 0 radical (unpaired) electrons. The molecule has 1 amide bonds. The predicted octanol–water partition coefficient (Wildman–Crippen LogP) is 3.84. The summed E-state index contributed by atoms with van der Waals surface area (Å²) in [5, 5.41) is 0. The fourth-order valence-electron chi connectivity index (χ4n) is 2.87. The first-order valence-corrected chi connectivity index (χ1v) is 9.25. The summed E-state index contributed by atoms with van der Waals surface area (Å²) in [6, 6.07) is 13.9. The van der Waals surface area contributed by atoms with Crippen LogP contribution in [-0.2, 0) is 17.6 Å². The lowest BCUT2D eigenvalue weighted by atomic mass is 10.0. The van der Waals surface area contributed by atoms with Crippen molar-refractivity contribution in [1.82, 2.24) is 4.90 Å². The number of methoxy groups -OCH3 is 3. The molecular weight excluding hydrogens is 378 g/mol. The number of benzene rings is 2. The van der Waals surface area contributed by atoms with Crippen molar-refractivity contribution in [3.63, 3.8) is 0 Å². The number of hydrogen-bond acceptors (Lipinski definition) is 4. The normalized spacial score (nSPS) is 10.2. The highest BCUT2D eigenvalue weighted by Crippen LogP contribution is 2.38. The van der Waals surface area contributed by atoms with Crippen molar-refractivity contribution in [2.75, 3.05) is 28.4 Å². The Bertz CT molecular complexity index is 781. The van der Waals surface area contributed by atoms with Crippen LogP contribution in [0.1, 0.15) is 18.1 Å². The molecule has 30 heavy (non-hydrogen) atoms. The molecule has 0 aliphatic rings. The van der Waals surface area contributed by atoms with Crippen LogP contribution in [0.4, 0.5) is 0 Å². The van der Waals surface area contributed by atoms with E-state index < -0.39 is 0 Å². The number of carbonyl (C=O) groups excluding carboxylic acids is 1. The predicted molar refractivity (Wildman–Crippen MR) is 122 cm³/mol. The van der Waals surface area contributed by atoms with Crippen molar-refractivity contribution >= 4 is 5.91 Å². The molecule has 0 aromatic heterocycles. The molecule has 0 heterocycles. The van der Waals surface area contributed by atoms with E-state index in [4.69, 9.17) is 14.2 Å².